The summed E-state index contributed by atoms with van der Waals surface area (Å²) in [7, 11) is -3.09. The van der Waals surface area contributed by atoms with Crippen molar-refractivity contribution in [3.8, 4) is 0 Å². The maximum atomic E-state index is 11.7. The molecule has 0 fully saturated rings. The molecule has 16 heavy (non-hydrogen) atoms. The zero-order valence-electron chi connectivity index (χ0n) is 9.81. The van der Waals surface area contributed by atoms with Crippen molar-refractivity contribution in [2.45, 2.75) is 25.2 Å². The van der Waals surface area contributed by atoms with Crippen molar-refractivity contribution in [1.29, 1.82) is 0 Å². The van der Waals surface area contributed by atoms with Gasteiger partial charge in [0.2, 0.25) is 0 Å². The monoisotopic (exact) mass is 238 g/mol. The highest BCUT2D eigenvalue weighted by Crippen LogP contribution is 2.16. The molecule has 0 amide bonds. The first-order chi connectivity index (χ1) is 7.49. The lowest BCUT2D eigenvalue weighted by Crippen LogP contribution is -2.05. The maximum absolute atomic E-state index is 11.7. The third-order valence-corrected chi connectivity index (χ3v) is 4.33. The standard InChI is InChI=1S/C13H18O2S/c1-4-11(3)9-12-7-6-8-13(10-12)16(14,15)5-2/h4,6-8,10-11H,1,5,9H2,2-3H3. The highest BCUT2D eigenvalue weighted by Gasteiger charge is 2.11. The van der Waals surface area contributed by atoms with Crippen LogP contribution in [0.3, 0.4) is 0 Å². The van der Waals surface area contributed by atoms with Gasteiger partial charge in [0.05, 0.1) is 10.6 Å². The number of hydrogen-bond acceptors (Lipinski definition) is 2. The number of sulfone groups is 1. The molecule has 2 nitrogen and oxygen atoms in total. The molecule has 88 valence electrons. The van der Waals surface area contributed by atoms with Gasteiger partial charge in [0.25, 0.3) is 0 Å². The van der Waals surface area contributed by atoms with E-state index in [-0.39, 0.29) is 5.75 Å². The lowest BCUT2D eigenvalue weighted by molar-refractivity contribution is 0.597. The fraction of sp³-hybridized carbons (Fsp3) is 0.385. The Balaban J connectivity index is 3.00. The minimum absolute atomic E-state index is 0.146. The smallest absolute Gasteiger partial charge is 0.178 e. The SMILES string of the molecule is C=CC(C)Cc1cccc(S(=O)(=O)CC)c1. The Morgan fingerprint density at radius 2 is 2.12 bits per heavy atom. The van der Waals surface area contributed by atoms with Crippen molar-refractivity contribution < 1.29 is 8.42 Å². The Morgan fingerprint density at radius 3 is 2.69 bits per heavy atom. The summed E-state index contributed by atoms with van der Waals surface area (Å²) in [5.41, 5.74) is 1.04. The molecule has 0 N–H and O–H groups in total. The maximum Gasteiger partial charge on any atom is 0.178 e. The number of hydrogen-bond donors (Lipinski definition) is 0. The van der Waals surface area contributed by atoms with E-state index in [4.69, 9.17) is 0 Å². The second-order valence-corrected chi connectivity index (χ2v) is 6.25. The molecule has 0 aromatic heterocycles. The molecule has 0 heterocycles. The first-order valence-corrected chi connectivity index (χ1v) is 7.09. The summed E-state index contributed by atoms with van der Waals surface area (Å²) in [5, 5.41) is 0. The summed E-state index contributed by atoms with van der Waals surface area (Å²) in [6.07, 6.45) is 2.71. The van der Waals surface area contributed by atoms with E-state index in [9.17, 15) is 8.42 Å². The second-order valence-electron chi connectivity index (χ2n) is 3.97. The van der Waals surface area contributed by atoms with Crippen LogP contribution < -0.4 is 0 Å². The molecule has 0 aliphatic rings. The van der Waals surface area contributed by atoms with Crippen LogP contribution in [0.15, 0.2) is 41.8 Å². The summed E-state index contributed by atoms with van der Waals surface area (Å²) in [6.45, 7) is 7.45. The van der Waals surface area contributed by atoms with E-state index < -0.39 is 9.84 Å². The van der Waals surface area contributed by atoms with Gasteiger partial charge in [0.15, 0.2) is 9.84 Å². The predicted molar refractivity (Wildman–Crippen MR) is 67.2 cm³/mol. The van der Waals surface area contributed by atoms with Crippen LogP contribution >= 0.6 is 0 Å². The highest BCUT2D eigenvalue weighted by molar-refractivity contribution is 7.91. The average molecular weight is 238 g/mol. The minimum Gasteiger partial charge on any atom is -0.224 e. The third kappa shape index (κ3) is 3.20. The summed E-state index contributed by atoms with van der Waals surface area (Å²) in [4.78, 5) is 0.420. The molecule has 1 unspecified atom stereocenters. The zero-order valence-corrected chi connectivity index (χ0v) is 10.6. The molecule has 0 spiro atoms. The van der Waals surface area contributed by atoms with E-state index >= 15 is 0 Å². The van der Waals surface area contributed by atoms with Gasteiger partial charge >= 0.3 is 0 Å². The summed E-state index contributed by atoms with van der Waals surface area (Å²) in [6, 6.07) is 7.17. The molecule has 3 heteroatoms. The Labute approximate surface area is 97.9 Å². The van der Waals surface area contributed by atoms with Crippen LogP contribution in [0.25, 0.3) is 0 Å². The first-order valence-electron chi connectivity index (χ1n) is 5.44. The van der Waals surface area contributed by atoms with Crippen molar-refractivity contribution in [3.05, 3.63) is 42.5 Å². The lowest BCUT2D eigenvalue weighted by Gasteiger charge is -2.08. The molecule has 0 saturated heterocycles. The van der Waals surface area contributed by atoms with Crippen molar-refractivity contribution in [1.82, 2.24) is 0 Å². The summed E-state index contributed by atoms with van der Waals surface area (Å²) < 4.78 is 23.4. The van der Waals surface area contributed by atoms with Crippen LogP contribution in [0.2, 0.25) is 0 Å². The molecule has 1 rings (SSSR count). The Kier molecular flexibility index (Phi) is 4.30. The lowest BCUT2D eigenvalue weighted by atomic mass is 10.0. The zero-order chi connectivity index (χ0) is 12.2. The van der Waals surface area contributed by atoms with Crippen LogP contribution in [-0.4, -0.2) is 14.2 Å². The largest absolute Gasteiger partial charge is 0.224 e. The van der Waals surface area contributed by atoms with Crippen LogP contribution in [0.5, 0.6) is 0 Å². The van der Waals surface area contributed by atoms with Gasteiger partial charge in [-0.2, -0.15) is 0 Å². The topological polar surface area (TPSA) is 34.1 Å². The van der Waals surface area contributed by atoms with Crippen LogP contribution in [0.1, 0.15) is 19.4 Å². The summed E-state index contributed by atoms with van der Waals surface area (Å²) in [5.74, 6) is 0.507. The van der Waals surface area contributed by atoms with E-state index in [1.165, 1.54) is 0 Å². The second kappa shape index (κ2) is 5.30. The molecule has 0 aliphatic heterocycles. The summed E-state index contributed by atoms with van der Waals surface area (Å²) >= 11 is 0. The van der Waals surface area contributed by atoms with Crippen molar-refractivity contribution >= 4 is 9.84 Å². The van der Waals surface area contributed by atoms with E-state index in [0.717, 1.165) is 12.0 Å². The Morgan fingerprint density at radius 1 is 1.44 bits per heavy atom. The Hall–Kier alpha value is -1.09. The molecule has 0 aliphatic carbocycles. The van der Waals surface area contributed by atoms with E-state index in [1.54, 1.807) is 25.1 Å². The van der Waals surface area contributed by atoms with E-state index in [0.29, 0.717) is 10.8 Å². The van der Waals surface area contributed by atoms with Gasteiger partial charge in [0, 0.05) is 0 Å². The van der Waals surface area contributed by atoms with Gasteiger partial charge in [0.1, 0.15) is 0 Å². The number of benzene rings is 1. The van der Waals surface area contributed by atoms with E-state index in [2.05, 4.69) is 13.5 Å². The minimum atomic E-state index is -3.09. The van der Waals surface area contributed by atoms with Crippen LogP contribution in [0.4, 0.5) is 0 Å². The predicted octanol–water partition coefficient (Wildman–Crippen LogP) is 2.84. The van der Waals surface area contributed by atoms with Crippen molar-refractivity contribution in [2.24, 2.45) is 5.92 Å². The third-order valence-electron chi connectivity index (χ3n) is 2.60. The molecule has 0 radical (unpaired) electrons. The van der Waals surface area contributed by atoms with Crippen LogP contribution in [-0.2, 0) is 16.3 Å². The molecule has 1 aromatic carbocycles. The van der Waals surface area contributed by atoms with Gasteiger partial charge in [-0.3, -0.25) is 0 Å². The number of rotatable bonds is 5. The van der Waals surface area contributed by atoms with Crippen molar-refractivity contribution in [3.63, 3.8) is 0 Å². The quantitative estimate of drug-likeness (QED) is 0.739. The Bertz CT molecular complexity index is 461. The molecule has 1 atom stereocenters. The van der Waals surface area contributed by atoms with E-state index in [1.807, 2.05) is 12.1 Å². The van der Waals surface area contributed by atoms with Crippen molar-refractivity contribution in [2.75, 3.05) is 5.75 Å². The fourth-order valence-electron chi connectivity index (χ4n) is 1.49. The molecular weight excluding hydrogens is 220 g/mol. The van der Waals surface area contributed by atoms with Gasteiger partial charge in [-0.15, -0.1) is 6.58 Å². The van der Waals surface area contributed by atoms with Gasteiger partial charge < -0.3 is 0 Å². The first kappa shape index (κ1) is 13.0. The molecular formula is C13H18O2S. The number of allylic oxidation sites excluding steroid dienone is 1. The van der Waals surface area contributed by atoms with Gasteiger partial charge in [-0.25, -0.2) is 8.42 Å². The van der Waals surface area contributed by atoms with Gasteiger partial charge in [-0.05, 0) is 30.0 Å². The highest BCUT2D eigenvalue weighted by atomic mass is 32.2. The van der Waals surface area contributed by atoms with Crippen LogP contribution in [0, 0.1) is 5.92 Å². The molecule has 0 saturated carbocycles. The molecule has 1 aromatic rings. The fourth-order valence-corrected chi connectivity index (χ4v) is 2.44. The average Bonchev–Trinajstić information content (AvgIpc) is 2.29. The molecule has 0 bridgehead atoms. The normalized spacial score (nSPS) is 13.4. The van der Waals surface area contributed by atoms with Gasteiger partial charge in [-0.1, -0.05) is 32.1 Å².